The largest absolute Gasteiger partial charge is 0.399 e. The maximum atomic E-state index is 12.7. The zero-order chi connectivity index (χ0) is 16.0. The van der Waals surface area contributed by atoms with Crippen molar-refractivity contribution in [3.8, 4) is 0 Å². The molecule has 0 saturated carbocycles. The van der Waals surface area contributed by atoms with Crippen LogP contribution < -0.4 is 10.6 Å². The van der Waals surface area contributed by atoms with Crippen molar-refractivity contribution in [3.05, 3.63) is 58.7 Å². The first-order valence-corrected chi connectivity index (χ1v) is 7.29. The lowest BCUT2D eigenvalue weighted by Crippen LogP contribution is -2.31. The van der Waals surface area contributed by atoms with Crippen LogP contribution >= 0.6 is 0 Å². The van der Waals surface area contributed by atoms with Crippen LogP contribution in [0.5, 0.6) is 0 Å². The molecule has 0 radical (unpaired) electrons. The number of benzene rings is 2. The topological polar surface area (TPSA) is 63.4 Å². The third kappa shape index (κ3) is 1.99. The van der Waals surface area contributed by atoms with Crippen LogP contribution in [0.1, 0.15) is 51.6 Å². The lowest BCUT2D eigenvalue weighted by Gasteiger charge is -2.22. The van der Waals surface area contributed by atoms with E-state index in [1.165, 1.54) is 4.90 Å². The maximum Gasteiger partial charge on any atom is 0.266 e. The molecule has 0 fully saturated rings. The average Bonchev–Trinajstić information content (AvgIpc) is 2.70. The summed E-state index contributed by atoms with van der Waals surface area (Å²) in [6.07, 6.45) is 0. The number of anilines is 2. The Kier molecular flexibility index (Phi) is 3.24. The number of nitrogens with zero attached hydrogens (tertiary/aromatic N) is 1. The van der Waals surface area contributed by atoms with Gasteiger partial charge in [-0.3, -0.25) is 9.59 Å². The fourth-order valence-corrected chi connectivity index (χ4v) is 2.91. The summed E-state index contributed by atoms with van der Waals surface area (Å²) in [6.45, 7) is 6.02. The number of hydrogen-bond acceptors (Lipinski definition) is 3. The van der Waals surface area contributed by atoms with E-state index in [1.807, 2.05) is 25.1 Å². The molecule has 0 aliphatic carbocycles. The Balaban J connectivity index is 2.20. The molecular formula is C18H18N2O2. The van der Waals surface area contributed by atoms with Gasteiger partial charge in [0.05, 0.1) is 16.8 Å². The van der Waals surface area contributed by atoms with E-state index in [2.05, 4.69) is 13.8 Å². The van der Waals surface area contributed by atoms with E-state index in [-0.39, 0.29) is 17.7 Å². The van der Waals surface area contributed by atoms with Gasteiger partial charge >= 0.3 is 0 Å². The molecule has 3 rings (SSSR count). The van der Waals surface area contributed by atoms with Crippen molar-refractivity contribution in [2.24, 2.45) is 0 Å². The summed E-state index contributed by atoms with van der Waals surface area (Å²) in [5.41, 5.74) is 9.62. The van der Waals surface area contributed by atoms with Gasteiger partial charge in [0.2, 0.25) is 0 Å². The van der Waals surface area contributed by atoms with Gasteiger partial charge in [-0.2, -0.15) is 0 Å². The summed E-state index contributed by atoms with van der Waals surface area (Å²) in [7, 11) is 0. The summed E-state index contributed by atoms with van der Waals surface area (Å²) in [5.74, 6) is -0.371. The lowest BCUT2D eigenvalue weighted by molar-refractivity contribution is 0.0925. The number of imide groups is 1. The van der Waals surface area contributed by atoms with E-state index in [0.717, 1.165) is 11.1 Å². The summed E-state index contributed by atoms with van der Waals surface area (Å²) < 4.78 is 0. The van der Waals surface area contributed by atoms with E-state index >= 15 is 0 Å². The summed E-state index contributed by atoms with van der Waals surface area (Å²) in [5, 5.41) is 0. The second-order valence-corrected chi connectivity index (χ2v) is 5.92. The summed E-state index contributed by atoms with van der Waals surface area (Å²) >= 11 is 0. The second-order valence-electron chi connectivity index (χ2n) is 5.92. The zero-order valence-electron chi connectivity index (χ0n) is 12.9. The van der Waals surface area contributed by atoms with Crippen molar-refractivity contribution in [2.75, 3.05) is 10.6 Å². The monoisotopic (exact) mass is 294 g/mol. The molecule has 0 saturated heterocycles. The number of aryl methyl sites for hydroxylation is 1. The van der Waals surface area contributed by atoms with Crippen LogP contribution in [0.25, 0.3) is 0 Å². The molecule has 2 amide bonds. The minimum absolute atomic E-state index is 0.212. The number of carbonyl (C=O) groups is 2. The lowest BCUT2D eigenvalue weighted by atomic mass is 9.97. The van der Waals surface area contributed by atoms with Crippen LogP contribution in [0.3, 0.4) is 0 Å². The van der Waals surface area contributed by atoms with Crippen molar-refractivity contribution >= 4 is 23.2 Å². The van der Waals surface area contributed by atoms with Gasteiger partial charge in [0.1, 0.15) is 0 Å². The van der Waals surface area contributed by atoms with E-state index in [4.69, 9.17) is 5.73 Å². The van der Waals surface area contributed by atoms with Gasteiger partial charge in [0.25, 0.3) is 11.8 Å². The first-order valence-electron chi connectivity index (χ1n) is 7.29. The zero-order valence-corrected chi connectivity index (χ0v) is 12.9. The number of fused-ring (bicyclic) bond motifs is 1. The van der Waals surface area contributed by atoms with Gasteiger partial charge in [-0.25, -0.2) is 4.90 Å². The van der Waals surface area contributed by atoms with E-state index in [0.29, 0.717) is 22.5 Å². The number of nitrogens with two attached hydrogens (primary N) is 1. The molecule has 0 atom stereocenters. The second kappa shape index (κ2) is 4.98. The molecule has 1 heterocycles. The van der Waals surface area contributed by atoms with Gasteiger partial charge in [-0.15, -0.1) is 0 Å². The highest BCUT2D eigenvalue weighted by Gasteiger charge is 2.38. The van der Waals surface area contributed by atoms with Gasteiger partial charge in [-0.1, -0.05) is 32.0 Å². The van der Waals surface area contributed by atoms with Gasteiger partial charge < -0.3 is 5.73 Å². The standard InChI is InChI=1S/C18H18N2O2/c1-10(2)13-6-4-5-11(3)16(13)20-17(21)14-8-7-12(19)9-15(14)18(20)22/h4-10H,19H2,1-3H3. The molecule has 2 aromatic rings. The highest BCUT2D eigenvalue weighted by Crippen LogP contribution is 2.36. The van der Waals surface area contributed by atoms with Crippen LogP contribution in [-0.4, -0.2) is 11.8 Å². The van der Waals surface area contributed by atoms with Crippen molar-refractivity contribution in [2.45, 2.75) is 26.7 Å². The van der Waals surface area contributed by atoms with Crippen LogP contribution in [0.15, 0.2) is 36.4 Å². The first-order chi connectivity index (χ1) is 10.4. The van der Waals surface area contributed by atoms with Crippen molar-refractivity contribution in [1.29, 1.82) is 0 Å². The predicted octanol–water partition coefficient (Wildman–Crippen LogP) is 3.50. The molecule has 4 nitrogen and oxygen atoms in total. The smallest absolute Gasteiger partial charge is 0.266 e. The molecule has 4 heteroatoms. The molecule has 0 aromatic heterocycles. The molecule has 0 spiro atoms. The Bertz CT molecular complexity index is 794. The molecule has 2 N–H and O–H groups in total. The predicted molar refractivity (Wildman–Crippen MR) is 87.3 cm³/mol. The molecule has 0 bridgehead atoms. The van der Waals surface area contributed by atoms with E-state index < -0.39 is 0 Å². The Morgan fingerprint density at radius 2 is 1.68 bits per heavy atom. The minimum atomic E-state index is -0.302. The van der Waals surface area contributed by atoms with Crippen molar-refractivity contribution in [1.82, 2.24) is 0 Å². The number of nitrogen functional groups attached to an aromatic ring is 1. The first kappa shape index (κ1) is 14.3. The molecule has 112 valence electrons. The third-order valence-electron chi connectivity index (χ3n) is 4.03. The van der Waals surface area contributed by atoms with Crippen LogP contribution in [0, 0.1) is 6.92 Å². The van der Waals surface area contributed by atoms with E-state index in [9.17, 15) is 9.59 Å². The Morgan fingerprint density at radius 1 is 1.00 bits per heavy atom. The highest BCUT2D eigenvalue weighted by molar-refractivity contribution is 6.35. The van der Waals surface area contributed by atoms with Gasteiger partial charge in [0, 0.05) is 5.69 Å². The quantitative estimate of drug-likeness (QED) is 0.681. The fraction of sp³-hybridized carbons (Fsp3) is 0.222. The van der Waals surface area contributed by atoms with Crippen LogP contribution in [0.4, 0.5) is 11.4 Å². The summed E-state index contributed by atoms with van der Waals surface area (Å²) in [6, 6.07) is 10.7. The SMILES string of the molecule is Cc1cccc(C(C)C)c1N1C(=O)c2ccc(N)cc2C1=O. The highest BCUT2D eigenvalue weighted by atomic mass is 16.2. The summed E-state index contributed by atoms with van der Waals surface area (Å²) in [4.78, 5) is 26.7. The number of rotatable bonds is 2. The maximum absolute atomic E-state index is 12.7. The Morgan fingerprint density at radius 3 is 2.36 bits per heavy atom. The number of amides is 2. The van der Waals surface area contributed by atoms with E-state index in [1.54, 1.807) is 18.2 Å². The fourth-order valence-electron chi connectivity index (χ4n) is 2.91. The number of para-hydroxylation sites is 1. The normalized spacial score (nSPS) is 13.9. The van der Waals surface area contributed by atoms with Crippen molar-refractivity contribution in [3.63, 3.8) is 0 Å². The number of hydrogen-bond donors (Lipinski definition) is 1. The molecule has 0 unspecified atom stereocenters. The van der Waals surface area contributed by atoms with Gasteiger partial charge in [-0.05, 0) is 42.2 Å². The molecule has 22 heavy (non-hydrogen) atoms. The van der Waals surface area contributed by atoms with Crippen LogP contribution in [0.2, 0.25) is 0 Å². The van der Waals surface area contributed by atoms with Crippen LogP contribution in [-0.2, 0) is 0 Å². The molecular weight excluding hydrogens is 276 g/mol. The molecule has 1 aliphatic rings. The number of carbonyl (C=O) groups excluding carboxylic acids is 2. The molecule has 1 aliphatic heterocycles. The van der Waals surface area contributed by atoms with Crippen molar-refractivity contribution < 1.29 is 9.59 Å². The van der Waals surface area contributed by atoms with Gasteiger partial charge in [0.15, 0.2) is 0 Å². The Hall–Kier alpha value is -2.62. The third-order valence-corrected chi connectivity index (χ3v) is 4.03. The Labute approximate surface area is 129 Å². The minimum Gasteiger partial charge on any atom is -0.399 e. The molecule has 2 aromatic carbocycles. The average molecular weight is 294 g/mol.